The van der Waals surface area contributed by atoms with Crippen LogP contribution < -0.4 is 0 Å². The summed E-state index contributed by atoms with van der Waals surface area (Å²) in [6.45, 7) is 1.90. The molecule has 4 aromatic rings. The van der Waals surface area contributed by atoms with Crippen LogP contribution in [-0.4, -0.2) is 14.9 Å². The largest absolute Gasteiger partial charge is 0.507 e. The van der Waals surface area contributed by atoms with Crippen molar-refractivity contribution in [3.8, 4) is 11.4 Å². The summed E-state index contributed by atoms with van der Waals surface area (Å²) in [7, 11) is 0. The molecule has 22 heavy (non-hydrogen) atoms. The highest BCUT2D eigenvalue weighted by Gasteiger charge is 2.15. The minimum Gasteiger partial charge on any atom is -0.507 e. The SMILES string of the molecule is Cc1nn(-c2ccccc2)c2c1cc(O)c1cc(F)ccc12. The maximum Gasteiger partial charge on any atom is 0.124 e. The van der Waals surface area contributed by atoms with E-state index < -0.39 is 0 Å². The van der Waals surface area contributed by atoms with Crippen molar-refractivity contribution in [2.24, 2.45) is 0 Å². The van der Waals surface area contributed by atoms with Crippen LogP contribution in [0.3, 0.4) is 0 Å². The van der Waals surface area contributed by atoms with Crippen LogP contribution in [0.4, 0.5) is 4.39 Å². The molecule has 0 saturated carbocycles. The topological polar surface area (TPSA) is 38.0 Å². The van der Waals surface area contributed by atoms with Gasteiger partial charge in [-0.1, -0.05) is 18.2 Å². The van der Waals surface area contributed by atoms with Crippen molar-refractivity contribution in [3.05, 3.63) is 66.1 Å². The Morgan fingerprint density at radius 1 is 0.955 bits per heavy atom. The van der Waals surface area contributed by atoms with E-state index in [4.69, 9.17) is 0 Å². The number of fused-ring (bicyclic) bond motifs is 3. The van der Waals surface area contributed by atoms with Crippen LogP contribution in [0.2, 0.25) is 0 Å². The Kier molecular flexibility index (Phi) is 2.66. The molecule has 0 amide bonds. The van der Waals surface area contributed by atoms with Crippen molar-refractivity contribution in [2.45, 2.75) is 6.92 Å². The van der Waals surface area contributed by atoms with Crippen LogP contribution in [0.25, 0.3) is 27.4 Å². The van der Waals surface area contributed by atoms with E-state index in [9.17, 15) is 9.50 Å². The molecule has 0 fully saturated rings. The minimum atomic E-state index is -0.371. The van der Waals surface area contributed by atoms with E-state index in [1.165, 1.54) is 12.1 Å². The van der Waals surface area contributed by atoms with Gasteiger partial charge in [-0.25, -0.2) is 9.07 Å². The molecule has 3 nitrogen and oxygen atoms in total. The van der Waals surface area contributed by atoms with Crippen molar-refractivity contribution in [1.29, 1.82) is 0 Å². The molecular weight excluding hydrogens is 279 g/mol. The average Bonchev–Trinajstić information content (AvgIpc) is 2.86. The average molecular weight is 292 g/mol. The van der Waals surface area contributed by atoms with E-state index in [-0.39, 0.29) is 11.6 Å². The standard InChI is InChI=1S/C18H13FN2O/c1-11-15-10-17(22)16-9-12(19)7-8-14(16)18(15)21(20-11)13-5-3-2-4-6-13/h2-10,22H,1H3. The quantitative estimate of drug-likeness (QED) is 0.567. The highest BCUT2D eigenvalue weighted by Crippen LogP contribution is 2.35. The van der Waals surface area contributed by atoms with Crippen LogP contribution >= 0.6 is 0 Å². The highest BCUT2D eigenvalue weighted by atomic mass is 19.1. The summed E-state index contributed by atoms with van der Waals surface area (Å²) in [4.78, 5) is 0. The van der Waals surface area contributed by atoms with Gasteiger partial charge in [0, 0.05) is 16.2 Å². The summed E-state index contributed by atoms with van der Waals surface area (Å²) in [5, 5.41) is 16.9. The van der Waals surface area contributed by atoms with Gasteiger partial charge in [-0.05, 0) is 43.3 Å². The number of benzene rings is 3. The normalized spacial score (nSPS) is 11.4. The number of aryl methyl sites for hydroxylation is 1. The number of halogens is 1. The highest BCUT2D eigenvalue weighted by molar-refractivity contribution is 6.09. The van der Waals surface area contributed by atoms with Crippen LogP contribution in [0, 0.1) is 12.7 Å². The van der Waals surface area contributed by atoms with E-state index in [1.54, 1.807) is 12.1 Å². The fraction of sp³-hybridized carbons (Fsp3) is 0.0556. The zero-order valence-electron chi connectivity index (χ0n) is 11.9. The lowest BCUT2D eigenvalue weighted by atomic mass is 10.0. The van der Waals surface area contributed by atoms with Gasteiger partial charge < -0.3 is 5.11 Å². The third-order valence-electron chi connectivity index (χ3n) is 3.90. The molecule has 0 unspecified atom stereocenters. The van der Waals surface area contributed by atoms with E-state index in [0.717, 1.165) is 27.7 Å². The number of hydrogen-bond acceptors (Lipinski definition) is 2. The van der Waals surface area contributed by atoms with Crippen molar-refractivity contribution in [1.82, 2.24) is 9.78 Å². The van der Waals surface area contributed by atoms with Crippen molar-refractivity contribution < 1.29 is 9.50 Å². The number of rotatable bonds is 1. The van der Waals surface area contributed by atoms with Gasteiger partial charge in [0.15, 0.2) is 0 Å². The monoisotopic (exact) mass is 292 g/mol. The second kappa shape index (κ2) is 4.56. The molecule has 0 atom stereocenters. The van der Waals surface area contributed by atoms with E-state index in [1.807, 2.05) is 41.9 Å². The molecule has 0 radical (unpaired) electrons. The Morgan fingerprint density at radius 3 is 2.50 bits per heavy atom. The lowest BCUT2D eigenvalue weighted by molar-refractivity contribution is 0.482. The van der Waals surface area contributed by atoms with Crippen LogP contribution in [0.5, 0.6) is 5.75 Å². The summed E-state index contributed by atoms with van der Waals surface area (Å²) in [6.07, 6.45) is 0. The first-order valence-corrected chi connectivity index (χ1v) is 7.01. The van der Waals surface area contributed by atoms with Gasteiger partial charge >= 0.3 is 0 Å². The van der Waals surface area contributed by atoms with E-state index in [0.29, 0.717) is 5.39 Å². The summed E-state index contributed by atoms with van der Waals surface area (Å²) in [6, 6.07) is 15.9. The fourth-order valence-electron chi connectivity index (χ4n) is 2.88. The molecule has 0 bridgehead atoms. The Hall–Kier alpha value is -2.88. The minimum absolute atomic E-state index is 0.0673. The fourth-order valence-corrected chi connectivity index (χ4v) is 2.88. The van der Waals surface area contributed by atoms with Crippen LogP contribution in [0.1, 0.15) is 5.69 Å². The zero-order chi connectivity index (χ0) is 15.3. The maximum atomic E-state index is 13.5. The molecule has 0 aliphatic heterocycles. The number of phenols is 1. The molecule has 0 aliphatic rings. The number of nitrogens with zero attached hydrogens (tertiary/aromatic N) is 2. The molecule has 108 valence electrons. The second-order valence-corrected chi connectivity index (χ2v) is 5.31. The van der Waals surface area contributed by atoms with Crippen molar-refractivity contribution >= 4 is 21.7 Å². The number of phenolic OH excluding ortho intramolecular Hbond substituents is 1. The summed E-state index contributed by atoms with van der Waals surface area (Å²) in [5.41, 5.74) is 2.62. The summed E-state index contributed by atoms with van der Waals surface area (Å²) in [5.74, 6) is -0.303. The molecule has 1 aromatic heterocycles. The molecule has 1 N–H and O–H groups in total. The third-order valence-corrected chi connectivity index (χ3v) is 3.90. The van der Waals surface area contributed by atoms with Crippen molar-refractivity contribution in [3.63, 3.8) is 0 Å². The maximum absolute atomic E-state index is 13.5. The van der Waals surface area contributed by atoms with Gasteiger partial charge in [-0.2, -0.15) is 5.10 Å². The molecule has 0 aliphatic carbocycles. The number of hydrogen-bond donors (Lipinski definition) is 1. The number of aromatic nitrogens is 2. The lowest BCUT2D eigenvalue weighted by Gasteiger charge is -2.07. The predicted octanol–water partition coefficient (Wildman–Crippen LogP) is 4.33. The smallest absolute Gasteiger partial charge is 0.124 e. The Balaban J connectivity index is 2.20. The molecule has 0 saturated heterocycles. The molecule has 4 rings (SSSR count). The Labute approximate surface area is 126 Å². The number of aromatic hydroxyl groups is 1. The summed E-state index contributed by atoms with van der Waals surface area (Å²) >= 11 is 0. The molecule has 4 heteroatoms. The molecule has 1 heterocycles. The Bertz CT molecular complexity index is 1010. The van der Waals surface area contributed by atoms with Gasteiger partial charge in [-0.15, -0.1) is 0 Å². The van der Waals surface area contributed by atoms with Crippen molar-refractivity contribution in [2.75, 3.05) is 0 Å². The molecule has 3 aromatic carbocycles. The molecule has 0 spiro atoms. The van der Waals surface area contributed by atoms with E-state index >= 15 is 0 Å². The predicted molar refractivity (Wildman–Crippen MR) is 84.9 cm³/mol. The van der Waals surface area contributed by atoms with Gasteiger partial charge in [-0.3, -0.25) is 0 Å². The Morgan fingerprint density at radius 2 is 1.73 bits per heavy atom. The molecular formula is C18H13FN2O. The number of para-hydroxylation sites is 1. The van der Waals surface area contributed by atoms with E-state index in [2.05, 4.69) is 5.10 Å². The van der Waals surface area contributed by atoms with Crippen LogP contribution in [0.15, 0.2) is 54.6 Å². The van der Waals surface area contributed by atoms with Gasteiger partial charge in [0.25, 0.3) is 0 Å². The lowest BCUT2D eigenvalue weighted by Crippen LogP contribution is -1.96. The van der Waals surface area contributed by atoms with Gasteiger partial charge in [0.05, 0.1) is 16.9 Å². The first-order chi connectivity index (χ1) is 10.6. The first kappa shape index (κ1) is 12.8. The third kappa shape index (κ3) is 1.77. The second-order valence-electron chi connectivity index (χ2n) is 5.31. The van der Waals surface area contributed by atoms with Gasteiger partial charge in [0.1, 0.15) is 11.6 Å². The summed E-state index contributed by atoms with van der Waals surface area (Å²) < 4.78 is 15.3. The van der Waals surface area contributed by atoms with Gasteiger partial charge in [0.2, 0.25) is 0 Å². The van der Waals surface area contributed by atoms with Crippen LogP contribution in [-0.2, 0) is 0 Å². The zero-order valence-corrected chi connectivity index (χ0v) is 11.9. The first-order valence-electron chi connectivity index (χ1n) is 7.01.